The van der Waals surface area contributed by atoms with Crippen molar-refractivity contribution in [1.82, 2.24) is 4.98 Å². The summed E-state index contributed by atoms with van der Waals surface area (Å²) in [7, 11) is -3.37. The van der Waals surface area contributed by atoms with Crippen LogP contribution in [0.15, 0.2) is 36.5 Å². The molecule has 0 spiro atoms. The minimum Gasteiger partial charge on any atom is -0.284 e. The van der Waals surface area contributed by atoms with Gasteiger partial charge in [-0.25, -0.2) is 8.42 Å². The number of alkyl halides is 1. The summed E-state index contributed by atoms with van der Waals surface area (Å²) < 4.78 is 26.4. The van der Waals surface area contributed by atoms with Crippen LogP contribution in [0.5, 0.6) is 0 Å². The quantitative estimate of drug-likeness (QED) is 0.864. The maximum atomic E-state index is 11.9. The number of anilines is 1. The molecule has 19 heavy (non-hydrogen) atoms. The van der Waals surface area contributed by atoms with Crippen LogP contribution in [0.3, 0.4) is 0 Å². The normalized spacial score (nSPS) is 13.4. The van der Waals surface area contributed by atoms with Gasteiger partial charge in [-0.05, 0) is 30.2 Å². The van der Waals surface area contributed by atoms with Gasteiger partial charge in [-0.3, -0.25) is 9.71 Å². The van der Waals surface area contributed by atoms with Crippen LogP contribution < -0.4 is 4.72 Å². The van der Waals surface area contributed by atoms with Gasteiger partial charge in [-0.1, -0.05) is 13.0 Å². The Morgan fingerprint density at radius 1 is 1.37 bits per heavy atom. The molecule has 6 heteroatoms. The lowest BCUT2D eigenvalue weighted by Crippen LogP contribution is -2.22. The van der Waals surface area contributed by atoms with Gasteiger partial charge in [0, 0.05) is 23.2 Å². The van der Waals surface area contributed by atoms with Crippen molar-refractivity contribution in [1.29, 1.82) is 0 Å². The topological polar surface area (TPSA) is 59.1 Å². The number of halogens is 1. The number of fused-ring (bicyclic) bond motifs is 1. The average Bonchev–Trinajstić information content (AvgIpc) is 2.37. The van der Waals surface area contributed by atoms with Gasteiger partial charge in [0.05, 0.1) is 11.3 Å². The van der Waals surface area contributed by atoms with Crippen LogP contribution in [0.2, 0.25) is 0 Å². The van der Waals surface area contributed by atoms with E-state index in [4.69, 9.17) is 11.6 Å². The number of nitrogens with zero attached hydrogens (tertiary/aromatic N) is 1. The predicted molar refractivity (Wildman–Crippen MR) is 79.0 cm³/mol. The Labute approximate surface area is 117 Å². The summed E-state index contributed by atoms with van der Waals surface area (Å²) in [5, 5.41) is 0.896. The number of aromatic nitrogens is 1. The van der Waals surface area contributed by atoms with E-state index in [0.717, 1.165) is 10.9 Å². The zero-order valence-electron chi connectivity index (χ0n) is 10.5. The smallest absolute Gasteiger partial charge is 0.233 e. The molecule has 1 atom stereocenters. The van der Waals surface area contributed by atoms with E-state index >= 15 is 0 Å². The van der Waals surface area contributed by atoms with Gasteiger partial charge in [0.1, 0.15) is 0 Å². The first-order chi connectivity index (χ1) is 9.00. The molecule has 1 unspecified atom stereocenters. The van der Waals surface area contributed by atoms with Crippen LogP contribution in [-0.2, 0) is 10.0 Å². The molecule has 102 valence electrons. The molecule has 0 saturated carbocycles. The highest BCUT2D eigenvalue weighted by Gasteiger charge is 2.15. The second-order valence-electron chi connectivity index (χ2n) is 4.55. The van der Waals surface area contributed by atoms with Gasteiger partial charge in [-0.2, -0.15) is 0 Å². The largest absolute Gasteiger partial charge is 0.284 e. The fourth-order valence-corrected chi connectivity index (χ4v) is 3.45. The molecule has 0 saturated heterocycles. The second-order valence-corrected chi connectivity index (χ2v) is 6.63. The van der Waals surface area contributed by atoms with Crippen molar-refractivity contribution < 1.29 is 8.42 Å². The molecular weight excluding hydrogens is 284 g/mol. The Morgan fingerprint density at radius 3 is 2.89 bits per heavy atom. The molecule has 2 aromatic rings. The molecule has 1 heterocycles. The van der Waals surface area contributed by atoms with Crippen molar-refractivity contribution in [3.63, 3.8) is 0 Å². The fourth-order valence-electron chi connectivity index (χ4n) is 1.78. The summed E-state index contributed by atoms with van der Waals surface area (Å²) in [4.78, 5) is 4.19. The van der Waals surface area contributed by atoms with Gasteiger partial charge < -0.3 is 0 Å². The Hall–Kier alpha value is -1.33. The van der Waals surface area contributed by atoms with E-state index in [1.807, 2.05) is 12.1 Å². The van der Waals surface area contributed by atoms with E-state index in [2.05, 4.69) is 9.71 Å². The van der Waals surface area contributed by atoms with Crippen LogP contribution in [0.4, 0.5) is 5.69 Å². The molecule has 1 N–H and O–H groups in total. The molecule has 0 aliphatic heterocycles. The lowest BCUT2D eigenvalue weighted by molar-refractivity contribution is 0.588. The van der Waals surface area contributed by atoms with Gasteiger partial charge in [0.25, 0.3) is 0 Å². The number of hydrogen-bond donors (Lipinski definition) is 1. The molecule has 0 radical (unpaired) electrons. The summed E-state index contributed by atoms with van der Waals surface area (Å²) in [5.41, 5.74) is 1.38. The fraction of sp³-hybridized carbons (Fsp3) is 0.308. The number of sulfonamides is 1. The molecule has 0 amide bonds. The SMILES string of the molecule is CC(CCl)CS(=O)(=O)Nc1ccc2ncccc2c1. The zero-order valence-corrected chi connectivity index (χ0v) is 12.1. The highest BCUT2D eigenvalue weighted by Crippen LogP contribution is 2.18. The molecular formula is C13H15ClN2O2S. The molecule has 0 aliphatic rings. The lowest BCUT2D eigenvalue weighted by atomic mass is 10.2. The number of benzene rings is 1. The number of hydrogen-bond acceptors (Lipinski definition) is 3. The van der Waals surface area contributed by atoms with Crippen molar-refractivity contribution in [3.05, 3.63) is 36.5 Å². The Balaban J connectivity index is 2.21. The van der Waals surface area contributed by atoms with Gasteiger partial charge in [0.15, 0.2) is 0 Å². The van der Waals surface area contributed by atoms with Crippen LogP contribution in [0.25, 0.3) is 10.9 Å². The molecule has 0 fully saturated rings. The van der Waals surface area contributed by atoms with Crippen LogP contribution in [0, 0.1) is 5.92 Å². The number of rotatable bonds is 5. The van der Waals surface area contributed by atoms with Gasteiger partial charge in [0.2, 0.25) is 10.0 Å². The summed E-state index contributed by atoms with van der Waals surface area (Å²) in [5.74, 6) is 0.255. The maximum absolute atomic E-state index is 11.9. The van der Waals surface area contributed by atoms with E-state index in [0.29, 0.717) is 11.6 Å². The zero-order chi connectivity index (χ0) is 13.9. The van der Waals surface area contributed by atoms with Gasteiger partial charge >= 0.3 is 0 Å². The Bertz CT molecular complexity index is 673. The van der Waals surface area contributed by atoms with Crippen molar-refractivity contribution >= 4 is 38.2 Å². The monoisotopic (exact) mass is 298 g/mol. The van der Waals surface area contributed by atoms with E-state index in [-0.39, 0.29) is 11.7 Å². The van der Waals surface area contributed by atoms with Crippen molar-refractivity contribution in [3.8, 4) is 0 Å². The third kappa shape index (κ3) is 3.81. The number of nitrogens with one attached hydrogen (secondary N) is 1. The van der Waals surface area contributed by atoms with Crippen molar-refractivity contribution in [2.75, 3.05) is 16.4 Å². The highest BCUT2D eigenvalue weighted by atomic mass is 35.5. The third-order valence-electron chi connectivity index (χ3n) is 2.64. The first-order valence-electron chi connectivity index (χ1n) is 5.91. The minimum atomic E-state index is -3.37. The summed E-state index contributed by atoms with van der Waals surface area (Å²) in [6, 6.07) is 8.97. The molecule has 2 rings (SSSR count). The Kier molecular flexibility index (Phi) is 4.27. The summed E-state index contributed by atoms with van der Waals surface area (Å²) in [6.45, 7) is 1.80. The second kappa shape index (κ2) is 5.75. The van der Waals surface area contributed by atoms with Gasteiger partial charge in [-0.15, -0.1) is 11.6 Å². The van der Waals surface area contributed by atoms with E-state index in [1.54, 1.807) is 31.3 Å². The van der Waals surface area contributed by atoms with Crippen molar-refractivity contribution in [2.45, 2.75) is 6.92 Å². The first kappa shape index (κ1) is 14.1. The summed E-state index contributed by atoms with van der Waals surface area (Å²) >= 11 is 5.64. The third-order valence-corrected chi connectivity index (χ3v) is 4.73. The standard InChI is InChI=1S/C13H15ClN2O2S/c1-10(8-14)9-19(17,18)16-12-4-5-13-11(7-12)3-2-6-15-13/h2-7,10,16H,8-9H2,1H3. The maximum Gasteiger partial charge on any atom is 0.233 e. The van der Waals surface area contributed by atoms with Crippen molar-refractivity contribution in [2.24, 2.45) is 5.92 Å². The van der Waals surface area contributed by atoms with E-state index < -0.39 is 10.0 Å². The van der Waals surface area contributed by atoms with E-state index in [1.165, 1.54) is 0 Å². The Morgan fingerprint density at radius 2 is 2.16 bits per heavy atom. The van der Waals surface area contributed by atoms with Crippen LogP contribution in [-0.4, -0.2) is 25.0 Å². The predicted octanol–water partition coefficient (Wildman–Crippen LogP) is 2.85. The lowest BCUT2D eigenvalue weighted by Gasteiger charge is -2.11. The van der Waals surface area contributed by atoms with E-state index in [9.17, 15) is 8.42 Å². The first-order valence-corrected chi connectivity index (χ1v) is 8.10. The molecule has 0 aliphatic carbocycles. The van der Waals surface area contributed by atoms with Crippen LogP contribution >= 0.6 is 11.6 Å². The number of pyridine rings is 1. The van der Waals surface area contributed by atoms with Crippen LogP contribution in [0.1, 0.15) is 6.92 Å². The molecule has 4 nitrogen and oxygen atoms in total. The highest BCUT2D eigenvalue weighted by molar-refractivity contribution is 7.92. The molecule has 1 aromatic carbocycles. The molecule has 0 bridgehead atoms. The minimum absolute atomic E-state index is 0.0155. The summed E-state index contributed by atoms with van der Waals surface area (Å²) in [6.07, 6.45) is 1.70. The molecule has 1 aromatic heterocycles. The average molecular weight is 299 g/mol.